The van der Waals surface area contributed by atoms with Crippen molar-refractivity contribution in [3.8, 4) is 0 Å². The molecule has 3 rings (SSSR count). The molecule has 0 amide bonds. The van der Waals surface area contributed by atoms with Crippen LogP contribution in [0.1, 0.15) is 16.7 Å². The third-order valence-corrected chi connectivity index (χ3v) is 3.71. The van der Waals surface area contributed by atoms with Gasteiger partial charge in [0.15, 0.2) is 5.70 Å². The van der Waals surface area contributed by atoms with Gasteiger partial charge in [-0.1, -0.05) is 41.4 Å². The monoisotopic (exact) mass is 342 g/mol. The van der Waals surface area contributed by atoms with Crippen LogP contribution in [0.3, 0.4) is 0 Å². The van der Waals surface area contributed by atoms with Gasteiger partial charge >= 0.3 is 5.97 Å². The topological polar surface area (TPSA) is 81.8 Å². The first-order valence-corrected chi connectivity index (χ1v) is 7.35. The van der Waals surface area contributed by atoms with Crippen molar-refractivity contribution in [1.82, 2.24) is 0 Å². The van der Waals surface area contributed by atoms with E-state index < -0.39 is 10.9 Å². The molecule has 1 aliphatic heterocycles. The van der Waals surface area contributed by atoms with Crippen molar-refractivity contribution in [3.05, 3.63) is 80.0 Å². The van der Waals surface area contributed by atoms with Crippen molar-refractivity contribution >= 4 is 35.2 Å². The van der Waals surface area contributed by atoms with Crippen LogP contribution >= 0.6 is 11.6 Å². The van der Waals surface area contributed by atoms with E-state index in [2.05, 4.69) is 4.99 Å². The van der Waals surface area contributed by atoms with Gasteiger partial charge in [0.2, 0.25) is 5.90 Å². The maximum Gasteiger partial charge on any atom is 0.363 e. The highest BCUT2D eigenvalue weighted by molar-refractivity contribution is 6.32. The molecule has 6 nitrogen and oxygen atoms in total. The van der Waals surface area contributed by atoms with Crippen LogP contribution in [0.4, 0.5) is 5.69 Å². The van der Waals surface area contributed by atoms with Crippen LogP contribution in [-0.4, -0.2) is 16.8 Å². The Kier molecular flexibility index (Phi) is 4.14. The van der Waals surface area contributed by atoms with Gasteiger partial charge < -0.3 is 4.74 Å². The number of ether oxygens (including phenoxy) is 1. The van der Waals surface area contributed by atoms with Gasteiger partial charge in [-0.3, -0.25) is 10.1 Å². The summed E-state index contributed by atoms with van der Waals surface area (Å²) in [5, 5.41) is 11.0. The van der Waals surface area contributed by atoms with Gasteiger partial charge in [-0.2, -0.15) is 0 Å². The average Bonchev–Trinajstić information content (AvgIpc) is 2.90. The summed E-state index contributed by atoms with van der Waals surface area (Å²) in [5.41, 5.74) is 2.07. The lowest BCUT2D eigenvalue weighted by Crippen LogP contribution is -2.06. The lowest BCUT2D eigenvalue weighted by molar-refractivity contribution is -0.384. The normalized spacial score (nSPS) is 15.3. The first-order chi connectivity index (χ1) is 11.4. The number of halogens is 1. The smallest absolute Gasteiger partial charge is 0.363 e. The molecule has 0 saturated carbocycles. The van der Waals surface area contributed by atoms with E-state index >= 15 is 0 Å². The van der Waals surface area contributed by atoms with Crippen molar-refractivity contribution < 1.29 is 14.5 Å². The number of nitro groups is 1. The summed E-state index contributed by atoms with van der Waals surface area (Å²) in [4.78, 5) is 26.4. The number of nitrogens with zero attached hydrogens (tertiary/aromatic N) is 2. The van der Waals surface area contributed by atoms with Gasteiger partial charge in [-0.15, -0.1) is 0 Å². The fourth-order valence-electron chi connectivity index (χ4n) is 2.14. The van der Waals surface area contributed by atoms with Crippen molar-refractivity contribution in [3.63, 3.8) is 0 Å². The van der Waals surface area contributed by atoms with Gasteiger partial charge in [0.1, 0.15) is 5.02 Å². The van der Waals surface area contributed by atoms with Crippen molar-refractivity contribution in [1.29, 1.82) is 0 Å². The lowest BCUT2D eigenvalue weighted by Gasteiger charge is -2.00. The Hall–Kier alpha value is -2.99. The van der Waals surface area contributed by atoms with E-state index in [1.165, 1.54) is 18.2 Å². The summed E-state index contributed by atoms with van der Waals surface area (Å²) in [6.07, 6.45) is 1.60. The summed E-state index contributed by atoms with van der Waals surface area (Å²) in [6, 6.07) is 11.7. The maximum atomic E-state index is 12.0. The van der Waals surface area contributed by atoms with E-state index in [-0.39, 0.29) is 22.3 Å². The van der Waals surface area contributed by atoms with E-state index in [4.69, 9.17) is 16.3 Å². The molecule has 24 heavy (non-hydrogen) atoms. The van der Waals surface area contributed by atoms with E-state index in [9.17, 15) is 14.9 Å². The Morgan fingerprint density at radius 1 is 1.21 bits per heavy atom. The molecular formula is C17H11ClN2O4. The summed E-state index contributed by atoms with van der Waals surface area (Å²) in [5.74, 6) is -0.596. The predicted octanol–water partition coefficient (Wildman–Crippen LogP) is 3.90. The molecule has 0 fully saturated rings. The molecule has 0 spiro atoms. The predicted molar refractivity (Wildman–Crippen MR) is 89.9 cm³/mol. The highest BCUT2D eigenvalue weighted by atomic mass is 35.5. The highest BCUT2D eigenvalue weighted by Crippen LogP contribution is 2.27. The zero-order valence-corrected chi connectivity index (χ0v) is 13.3. The van der Waals surface area contributed by atoms with E-state index in [0.717, 1.165) is 11.1 Å². The van der Waals surface area contributed by atoms with Crippen LogP contribution in [0.2, 0.25) is 5.02 Å². The molecule has 2 aromatic rings. The molecular weight excluding hydrogens is 332 g/mol. The van der Waals surface area contributed by atoms with Crippen LogP contribution in [0.15, 0.2) is 53.2 Å². The van der Waals surface area contributed by atoms with Crippen LogP contribution in [0.25, 0.3) is 6.08 Å². The van der Waals surface area contributed by atoms with Crippen LogP contribution in [0, 0.1) is 17.0 Å². The quantitative estimate of drug-likeness (QED) is 0.366. The number of carbonyl (C=O) groups is 1. The van der Waals surface area contributed by atoms with Crippen LogP contribution in [-0.2, 0) is 9.53 Å². The summed E-state index contributed by atoms with van der Waals surface area (Å²) < 4.78 is 5.11. The van der Waals surface area contributed by atoms with Gasteiger partial charge in [-0.25, -0.2) is 9.79 Å². The molecule has 0 radical (unpaired) electrons. The molecule has 1 heterocycles. The summed E-state index contributed by atoms with van der Waals surface area (Å²) in [6.45, 7) is 1.96. The zero-order chi connectivity index (χ0) is 17.3. The number of cyclic esters (lactones) is 1. The number of nitro benzene ring substituents is 1. The van der Waals surface area contributed by atoms with Crippen molar-refractivity contribution in [2.75, 3.05) is 0 Å². The Balaban J connectivity index is 1.96. The number of benzene rings is 2. The van der Waals surface area contributed by atoms with Crippen molar-refractivity contribution in [2.24, 2.45) is 4.99 Å². The van der Waals surface area contributed by atoms with E-state index in [1.54, 1.807) is 6.08 Å². The molecule has 2 aromatic carbocycles. The Labute approximate surface area is 142 Å². The van der Waals surface area contributed by atoms with Crippen LogP contribution in [0.5, 0.6) is 0 Å². The zero-order valence-electron chi connectivity index (χ0n) is 12.5. The second-order valence-corrected chi connectivity index (χ2v) is 5.58. The Morgan fingerprint density at radius 2 is 1.92 bits per heavy atom. The second-order valence-electron chi connectivity index (χ2n) is 5.17. The summed E-state index contributed by atoms with van der Waals surface area (Å²) in [7, 11) is 0. The summed E-state index contributed by atoms with van der Waals surface area (Å²) >= 11 is 5.77. The molecule has 0 unspecified atom stereocenters. The largest absolute Gasteiger partial charge is 0.402 e. The second kappa shape index (κ2) is 6.25. The lowest BCUT2D eigenvalue weighted by atomic mass is 10.1. The molecule has 0 N–H and O–H groups in total. The van der Waals surface area contributed by atoms with Gasteiger partial charge in [0.25, 0.3) is 5.69 Å². The Morgan fingerprint density at radius 3 is 2.58 bits per heavy atom. The number of aliphatic imine (C=N–C) groups is 1. The molecule has 0 bridgehead atoms. The molecule has 1 aliphatic rings. The maximum absolute atomic E-state index is 12.0. The third-order valence-electron chi connectivity index (χ3n) is 3.39. The minimum absolute atomic E-state index is 0.00379. The van der Waals surface area contributed by atoms with Gasteiger partial charge in [-0.05, 0) is 30.7 Å². The first-order valence-electron chi connectivity index (χ1n) is 6.97. The minimum Gasteiger partial charge on any atom is -0.402 e. The molecule has 0 aromatic heterocycles. The first kappa shape index (κ1) is 15.9. The molecule has 7 heteroatoms. The number of carbonyl (C=O) groups excluding carboxylic acids is 1. The SMILES string of the molecule is Cc1ccc(/C=C2\N=C(c3ccc(Cl)c([N+](=O)[O-])c3)OC2=O)cc1. The number of esters is 1. The fraction of sp³-hybridized carbons (Fsp3) is 0.0588. The van der Waals surface area contributed by atoms with Gasteiger partial charge in [0, 0.05) is 11.6 Å². The van der Waals surface area contributed by atoms with Crippen LogP contribution < -0.4 is 0 Å². The number of hydrogen-bond acceptors (Lipinski definition) is 5. The molecule has 0 aliphatic carbocycles. The number of hydrogen-bond donors (Lipinski definition) is 0. The number of aryl methyl sites for hydroxylation is 1. The molecule has 0 saturated heterocycles. The fourth-order valence-corrected chi connectivity index (χ4v) is 2.33. The Bertz CT molecular complexity index is 901. The van der Waals surface area contributed by atoms with E-state index in [1.807, 2.05) is 31.2 Å². The van der Waals surface area contributed by atoms with Crippen molar-refractivity contribution in [2.45, 2.75) is 6.92 Å². The highest BCUT2D eigenvalue weighted by Gasteiger charge is 2.26. The van der Waals surface area contributed by atoms with Gasteiger partial charge in [0.05, 0.1) is 4.92 Å². The molecule has 0 atom stereocenters. The number of rotatable bonds is 3. The third kappa shape index (κ3) is 3.18. The van der Waals surface area contributed by atoms with E-state index in [0.29, 0.717) is 5.56 Å². The average molecular weight is 343 g/mol. The minimum atomic E-state index is -0.608. The standard InChI is InChI=1S/C17H11ClN2O4/c1-10-2-4-11(5-3-10)8-14-17(21)24-16(19-14)12-6-7-13(18)15(9-12)20(22)23/h2-9H,1H3/b14-8-. The molecule has 120 valence electrons.